The van der Waals surface area contributed by atoms with Crippen LogP contribution >= 0.6 is 0 Å². The van der Waals surface area contributed by atoms with Crippen LogP contribution in [-0.2, 0) is 4.79 Å². The maximum absolute atomic E-state index is 11.8. The summed E-state index contributed by atoms with van der Waals surface area (Å²) in [6, 6.07) is 0. The van der Waals surface area contributed by atoms with Gasteiger partial charge in [-0.1, -0.05) is 13.8 Å². The number of fused-ring (bicyclic) bond motifs is 2. The van der Waals surface area contributed by atoms with Crippen LogP contribution in [0, 0.1) is 16.7 Å². The molecule has 3 atom stereocenters. The molecule has 0 aromatic carbocycles. The van der Waals surface area contributed by atoms with Gasteiger partial charge in [0.1, 0.15) is 0 Å². The van der Waals surface area contributed by atoms with Crippen molar-refractivity contribution < 1.29 is 9.90 Å². The number of amides is 1. The molecule has 14 heavy (non-hydrogen) atoms. The van der Waals surface area contributed by atoms with Gasteiger partial charge in [0.15, 0.2) is 0 Å². The van der Waals surface area contributed by atoms with Gasteiger partial charge in [0, 0.05) is 7.05 Å². The van der Waals surface area contributed by atoms with Gasteiger partial charge in [-0.05, 0) is 30.6 Å². The first-order chi connectivity index (χ1) is 6.45. The molecule has 2 saturated carbocycles. The first-order valence-electron chi connectivity index (χ1n) is 5.35. The Morgan fingerprint density at radius 1 is 1.50 bits per heavy atom. The molecular weight excluding hydrogens is 178 g/mol. The fourth-order valence-corrected chi connectivity index (χ4v) is 3.47. The van der Waals surface area contributed by atoms with E-state index in [0.717, 1.165) is 19.3 Å². The first kappa shape index (κ1) is 9.97. The Balaban J connectivity index is 2.35. The highest BCUT2D eigenvalue weighted by Crippen LogP contribution is 2.62. The second-order valence-corrected chi connectivity index (χ2v) is 5.40. The molecule has 0 unspecified atom stereocenters. The van der Waals surface area contributed by atoms with Crippen molar-refractivity contribution in [2.75, 3.05) is 7.05 Å². The summed E-state index contributed by atoms with van der Waals surface area (Å²) in [7, 11) is 1.66. The number of hydrogen-bond donors (Lipinski definition) is 2. The van der Waals surface area contributed by atoms with Crippen LogP contribution in [0.5, 0.6) is 0 Å². The summed E-state index contributed by atoms with van der Waals surface area (Å²) >= 11 is 0. The van der Waals surface area contributed by atoms with Gasteiger partial charge in [-0.2, -0.15) is 0 Å². The van der Waals surface area contributed by atoms with Crippen LogP contribution in [0.4, 0.5) is 0 Å². The van der Waals surface area contributed by atoms with Crippen LogP contribution in [0.1, 0.15) is 33.1 Å². The Morgan fingerprint density at radius 3 is 2.57 bits per heavy atom. The topological polar surface area (TPSA) is 49.3 Å². The fourth-order valence-electron chi connectivity index (χ4n) is 3.47. The Morgan fingerprint density at radius 2 is 2.14 bits per heavy atom. The monoisotopic (exact) mass is 197 g/mol. The number of hydrogen-bond acceptors (Lipinski definition) is 2. The predicted octanol–water partition coefficient (Wildman–Crippen LogP) is 0.920. The van der Waals surface area contributed by atoms with Crippen molar-refractivity contribution in [3.8, 4) is 0 Å². The van der Waals surface area contributed by atoms with Crippen LogP contribution in [0.2, 0.25) is 0 Å². The quantitative estimate of drug-likeness (QED) is 0.656. The van der Waals surface area contributed by atoms with E-state index >= 15 is 0 Å². The second kappa shape index (κ2) is 2.72. The maximum atomic E-state index is 11.8. The minimum atomic E-state index is -0.483. The van der Waals surface area contributed by atoms with Crippen molar-refractivity contribution in [2.24, 2.45) is 16.7 Å². The van der Waals surface area contributed by atoms with E-state index in [-0.39, 0.29) is 11.3 Å². The average molecular weight is 197 g/mol. The zero-order chi connectivity index (χ0) is 10.6. The molecule has 0 saturated heterocycles. The molecule has 0 radical (unpaired) electrons. The van der Waals surface area contributed by atoms with Crippen molar-refractivity contribution in [3.05, 3.63) is 0 Å². The van der Waals surface area contributed by atoms with Gasteiger partial charge in [0.2, 0.25) is 5.91 Å². The number of aliphatic hydroxyl groups is 1. The molecular formula is C11H19NO2. The Bertz CT molecular complexity index is 274. The fraction of sp³-hybridized carbons (Fsp3) is 0.909. The molecule has 0 aromatic rings. The lowest BCUT2D eigenvalue weighted by molar-refractivity contribution is -0.140. The van der Waals surface area contributed by atoms with Gasteiger partial charge < -0.3 is 10.4 Å². The van der Waals surface area contributed by atoms with Crippen LogP contribution in [0.3, 0.4) is 0 Å². The van der Waals surface area contributed by atoms with E-state index in [9.17, 15) is 9.90 Å². The van der Waals surface area contributed by atoms with E-state index in [1.807, 2.05) is 0 Å². The lowest BCUT2D eigenvalue weighted by Crippen LogP contribution is -2.49. The molecule has 3 nitrogen and oxygen atoms in total. The standard InChI is InChI=1S/C11H19NO2/c1-10(2)7-4-5-11(6-7,8(10)13)9(14)12-3/h7-8,13H,4-6H2,1-3H3,(H,12,14)/t7-,8-,11+/m0/s1. The zero-order valence-corrected chi connectivity index (χ0v) is 9.13. The van der Waals surface area contributed by atoms with E-state index in [1.54, 1.807) is 7.05 Å². The number of rotatable bonds is 1. The normalized spacial score (nSPS) is 44.0. The van der Waals surface area contributed by atoms with Gasteiger partial charge in [0.25, 0.3) is 0 Å². The highest BCUT2D eigenvalue weighted by atomic mass is 16.3. The predicted molar refractivity (Wildman–Crippen MR) is 53.6 cm³/mol. The maximum Gasteiger partial charge on any atom is 0.228 e. The molecule has 3 heteroatoms. The number of carbonyl (C=O) groups excluding carboxylic acids is 1. The molecule has 0 aliphatic heterocycles. The minimum absolute atomic E-state index is 0.0260. The summed E-state index contributed by atoms with van der Waals surface area (Å²) < 4.78 is 0. The van der Waals surface area contributed by atoms with Crippen molar-refractivity contribution in [1.29, 1.82) is 0 Å². The minimum Gasteiger partial charge on any atom is -0.391 e. The van der Waals surface area contributed by atoms with Crippen LogP contribution in [0.25, 0.3) is 0 Å². The van der Waals surface area contributed by atoms with Gasteiger partial charge >= 0.3 is 0 Å². The molecule has 0 spiro atoms. The summed E-state index contributed by atoms with van der Waals surface area (Å²) in [6.07, 6.45) is 2.31. The zero-order valence-electron chi connectivity index (χ0n) is 9.13. The van der Waals surface area contributed by atoms with Crippen molar-refractivity contribution in [1.82, 2.24) is 5.32 Å². The van der Waals surface area contributed by atoms with Crippen molar-refractivity contribution >= 4 is 5.91 Å². The molecule has 2 bridgehead atoms. The molecule has 1 amide bonds. The number of aliphatic hydroxyl groups excluding tert-OH is 1. The molecule has 2 fully saturated rings. The van der Waals surface area contributed by atoms with E-state index < -0.39 is 11.5 Å². The van der Waals surface area contributed by atoms with E-state index in [0.29, 0.717) is 5.92 Å². The number of carbonyl (C=O) groups is 1. The van der Waals surface area contributed by atoms with Crippen molar-refractivity contribution in [3.63, 3.8) is 0 Å². The molecule has 80 valence electrons. The summed E-state index contributed by atoms with van der Waals surface area (Å²) in [5.74, 6) is 0.535. The summed E-state index contributed by atoms with van der Waals surface area (Å²) in [5, 5.41) is 12.9. The van der Waals surface area contributed by atoms with Crippen LogP contribution in [-0.4, -0.2) is 24.2 Å². The van der Waals surface area contributed by atoms with Crippen LogP contribution in [0.15, 0.2) is 0 Å². The van der Waals surface area contributed by atoms with Gasteiger partial charge in [-0.25, -0.2) is 0 Å². The lowest BCUT2D eigenvalue weighted by atomic mass is 9.69. The van der Waals surface area contributed by atoms with Gasteiger partial charge in [-0.3, -0.25) is 4.79 Å². The van der Waals surface area contributed by atoms with E-state index in [1.165, 1.54) is 0 Å². The molecule has 2 rings (SSSR count). The summed E-state index contributed by atoms with van der Waals surface area (Å²) in [4.78, 5) is 11.8. The molecule has 0 aromatic heterocycles. The first-order valence-corrected chi connectivity index (χ1v) is 5.35. The Labute approximate surface area is 84.9 Å². The molecule has 2 N–H and O–H groups in total. The highest BCUT2D eigenvalue weighted by Gasteiger charge is 2.64. The molecule has 2 aliphatic carbocycles. The third-order valence-corrected chi connectivity index (χ3v) is 4.51. The SMILES string of the molecule is CNC(=O)[C@]12CC[C@@H](C1)C(C)(C)[C@@H]2O. The smallest absolute Gasteiger partial charge is 0.228 e. The number of nitrogens with one attached hydrogen (secondary N) is 1. The second-order valence-electron chi connectivity index (χ2n) is 5.40. The summed E-state index contributed by atoms with van der Waals surface area (Å²) in [6.45, 7) is 4.15. The largest absolute Gasteiger partial charge is 0.391 e. The average Bonchev–Trinajstić information content (AvgIpc) is 2.66. The highest BCUT2D eigenvalue weighted by molar-refractivity contribution is 5.84. The lowest BCUT2D eigenvalue weighted by Gasteiger charge is -2.39. The Kier molecular flexibility index (Phi) is 1.94. The third-order valence-electron chi connectivity index (χ3n) is 4.51. The molecule has 2 aliphatic rings. The third kappa shape index (κ3) is 0.937. The van der Waals surface area contributed by atoms with Crippen LogP contribution < -0.4 is 5.32 Å². The summed E-state index contributed by atoms with van der Waals surface area (Å²) in [5.41, 5.74) is -0.576. The Hall–Kier alpha value is -0.570. The van der Waals surface area contributed by atoms with Crippen molar-refractivity contribution in [2.45, 2.75) is 39.2 Å². The van der Waals surface area contributed by atoms with E-state index in [4.69, 9.17) is 0 Å². The van der Waals surface area contributed by atoms with E-state index in [2.05, 4.69) is 19.2 Å². The molecule has 0 heterocycles. The van der Waals surface area contributed by atoms with Gasteiger partial charge in [-0.15, -0.1) is 0 Å². The van der Waals surface area contributed by atoms with Gasteiger partial charge in [0.05, 0.1) is 11.5 Å².